The number of hydrogen-bond donors (Lipinski definition) is 0. The van der Waals surface area contributed by atoms with Gasteiger partial charge in [0.05, 0.1) is 12.6 Å². The number of amides is 2. The zero-order chi connectivity index (χ0) is 18.1. The molecule has 1 saturated heterocycles. The van der Waals surface area contributed by atoms with Crippen LogP contribution in [0.25, 0.3) is 0 Å². The summed E-state index contributed by atoms with van der Waals surface area (Å²) in [6.07, 6.45) is 1.34. The van der Waals surface area contributed by atoms with Crippen molar-refractivity contribution >= 4 is 11.8 Å². The molecule has 0 N–H and O–H groups in total. The van der Waals surface area contributed by atoms with E-state index in [9.17, 15) is 9.59 Å². The molecule has 134 valence electrons. The van der Waals surface area contributed by atoms with Crippen LogP contribution in [0.5, 0.6) is 0 Å². The van der Waals surface area contributed by atoms with Gasteiger partial charge in [0.15, 0.2) is 0 Å². The van der Waals surface area contributed by atoms with E-state index in [2.05, 4.69) is 31.2 Å². The number of rotatable bonds is 3. The molecule has 4 nitrogen and oxygen atoms in total. The van der Waals surface area contributed by atoms with Gasteiger partial charge in [-0.2, -0.15) is 0 Å². The van der Waals surface area contributed by atoms with Gasteiger partial charge in [-0.25, -0.2) is 0 Å². The summed E-state index contributed by atoms with van der Waals surface area (Å²) in [4.78, 5) is 29.2. The Kier molecular flexibility index (Phi) is 4.49. The van der Waals surface area contributed by atoms with Crippen LogP contribution >= 0.6 is 0 Å². The van der Waals surface area contributed by atoms with Crippen molar-refractivity contribution < 1.29 is 9.59 Å². The maximum Gasteiger partial charge on any atom is 0.242 e. The van der Waals surface area contributed by atoms with Crippen LogP contribution in [0.4, 0.5) is 0 Å². The Morgan fingerprint density at radius 3 is 2.65 bits per heavy atom. The van der Waals surface area contributed by atoms with E-state index in [1.807, 2.05) is 35.2 Å². The monoisotopic (exact) mass is 348 g/mol. The van der Waals surface area contributed by atoms with E-state index in [0.29, 0.717) is 13.0 Å². The molecule has 0 aliphatic carbocycles. The van der Waals surface area contributed by atoms with Gasteiger partial charge >= 0.3 is 0 Å². The maximum atomic E-state index is 12.9. The third-order valence-electron chi connectivity index (χ3n) is 5.65. The molecule has 2 unspecified atom stereocenters. The maximum absolute atomic E-state index is 12.9. The van der Waals surface area contributed by atoms with Crippen molar-refractivity contribution in [3.8, 4) is 0 Å². The topological polar surface area (TPSA) is 40.6 Å². The Labute approximate surface area is 154 Å². The van der Waals surface area contributed by atoms with Crippen LogP contribution in [0, 0.1) is 0 Å². The molecule has 2 atom stereocenters. The first-order chi connectivity index (χ1) is 12.6. The third kappa shape index (κ3) is 3.12. The third-order valence-corrected chi connectivity index (χ3v) is 5.65. The van der Waals surface area contributed by atoms with E-state index in [1.165, 1.54) is 11.1 Å². The highest BCUT2D eigenvalue weighted by Gasteiger charge is 2.38. The summed E-state index contributed by atoms with van der Waals surface area (Å²) in [5.41, 5.74) is 3.66. The molecule has 2 heterocycles. The van der Waals surface area contributed by atoms with Crippen molar-refractivity contribution in [2.24, 2.45) is 0 Å². The van der Waals surface area contributed by atoms with E-state index in [4.69, 9.17) is 0 Å². The Balaban J connectivity index is 1.50. The minimum absolute atomic E-state index is 0.00261. The quantitative estimate of drug-likeness (QED) is 0.855. The molecule has 2 amide bonds. The highest BCUT2D eigenvalue weighted by molar-refractivity contribution is 5.87. The van der Waals surface area contributed by atoms with E-state index in [1.54, 1.807) is 4.90 Å². The highest BCUT2D eigenvalue weighted by atomic mass is 16.2. The van der Waals surface area contributed by atoms with E-state index >= 15 is 0 Å². The molecule has 4 rings (SSSR count). The molecule has 4 heteroatoms. The van der Waals surface area contributed by atoms with Gasteiger partial charge < -0.3 is 9.80 Å². The molecule has 2 aliphatic rings. The number of nitrogens with zero attached hydrogens (tertiary/aromatic N) is 2. The van der Waals surface area contributed by atoms with Gasteiger partial charge in [-0.05, 0) is 29.0 Å². The summed E-state index contributed by atoms with van der Waals surface area (Å²) in [5, 5.41) is 0. The van der Waals surface area contributed by atoms with Crippen molar-refractivity contribution in [1.82, 2.24) is 9.80 Å². The summed E-state index contributed by atoms with van der Waals surface area (Å²) in [5.74, 6) is 0.282. The van der Waals surface area contributed by atoms with Gasteiger partial charge in [0.1, 0.15) is 0 Å². The molecule has 0 spiro atoms. The molecular weight excluding hydrogens is 324 g/mol. The lowest BCUT2D eigenvalue weighted by atomic mass is 9.90. The Hall–Kier alpha value is -2.62. The van der Waals surface area contributed by atoms with Gasteiger partial charge in [-0.15, -0.1) is 0 Å². The minimum atomic E-state index is -0.00261. The van der Waals surface area contributed by atoms with Crippen LogP contribution < -0.4 is 0 Å². The van der Waals surface area contributed by atoms with Crippen LogP contribution in [0.2, 0.25) is 0 Å². The average molecular weight is 348 g/mol. The second-order valence-corrected chi connectivity index (χ2v) is 7.34. The first-order valence-electron chi connectivity index (χ1n) is 9.33. The molecule has 26 heavy (non-hydrogen) atoms. The number of piperazine rings is 1. The molecule has 0 saturated carbocycles. The fraction of sp³-hybridized carbons (Fsp3) is 0.364. The molecule has 2 aromatic carbocycles. The van der Waals surface area contributed by atoms with Crippen molar-refractivity contribution in [1.29, 1.82) is 0 Å². The predicted molar refractivity (Wildman–Crippen MR) is 101 cm³/mol. The smallest absolute Gasteiger partial charge is 0.242 e. The number of benzene rings is 2. The van der Waals surface area contributed by atoms with E-state index in [0.717, 1.165) is 18.5 Å². The Morgan fingerprint density at radius 2 is 1.85 bits per heavy atom. The number of hydrogen-bond acceptors (Lipinski definition) is 2. The molecule has 0 radical (unpaired) electrons. The lowest BCUT2D eigenvalue weighted by Crippen LogP contribution is -2.55. The van der Waals surface area contributed by atoms with Crippen LogP contribution in [-0.4, -0.2) is 41.2 Å². The van der Waals surface area contributed by atoms with Gasteiger partial charge in [-0.1, -0.05) is 61.5 Å². The molecule has 2 aliphatic heterocycles. The predicted octanol–water partition coefficient (Wildman–Crippen LogP) is 3.15. The molecule has 0 aromatic heterocycles. The number of carbonyl (C=O) groups excluding carboxylic acids is 2. The summed E-state index contributed by atoms with van der Waals surface area (Å²) in [6.45, 7) is 3.63. The summed E-state index contributed by atoms with van der Waals surface area (Å²) >= 11 is 0. The summed E-state index contributed by atoms with van der Waals surface area (Å²) < 4.78 is 0. The van der Waals surface area contributed by atoms with Crippen LogP contribution in [0.3, 0.4) is 0 Å². The highest BCUT2D eigenvalue weighted by Crippen LogP contribution is 2.33. The van der Waals surface area contributed by atoms with Gasteiger partial charge in [0, 0.05) is 19.5 Å². The van der Waals surface area contributed by atoms with E-state index < -0.39 is 0 Å². The lowest BCUT2D eigenvalue weighted by molar-refractivity contribution is -0.149. The first-order valence-corrected chi connectivity index (χ1v) is 9.33. The number of fused-ring (bicyclic) bond motifs is 3. The summed E-state index contributed by atoms with van der Waals surface area (Å²) in [6, 6.07) is 18.4. The normalized spacial score (nSPS) is 20.3. The van der Waals surface area contributed by atoms with Gasteiger partial charge in [0.25, 0.3) is 0 Å². The van der Waals surface area contributed by atoms with E-state index in [-0.39, 0.29) is 30.3 Å². The molecule has 1 fully saturated rings. The molecular formula is C22H24N2O2. The Morgan fingerprint density at radius 1 is 1.12 bits per heavy atom. The van der Waals surface area contributed by atoms with Crippen molar-refractivity contribution in [2.75, 3.05) is 19.6 Å². The zero-order valence-corrected chi connectivity index (χ0v) is 15.1. The Bertz CT molecular complexity index is 818. The fourth-order valence-electron chi connectivity index (χ4n) is 4.15. The van der Waals surface area contributed by atoms with Gasteiger partial charge in [-0.3, -0.25) is 9.59 Å². The summed E-state index contributed by atoms with van der Waals surface area (Å²) in [7, 11) is 0. The lowest BCUT2D eigenvalue weighted by Gasteiger charge is -2.44. The van der Waals surface area contributed by atoms with Crippen LogP contribution in [-0.2, 0) is 16.0 Å². The fourth-order valence-corrected chi connectivity index (χ4v) is 4.15. The minimum Gasteiger partial charge on any atom is -0.332 e. The standard InChI is InChI=1S/C22H24N2O2/c1-16(17-7-3-2-4-8-17)13-21(25)23-14-20-19-10-6-5-9-18(19)11-12-24(20)22(26)15-23/h2-10,16,20H,11-15H2,1H3. The second-order valence-electron chi connectivity index (χ2n) is 7.34. The number of carbonyl (C=O) groups is 2. The SMILES string of the molecule is CC(CC(=O)N1CC(=O)N2CCc3ccccc3C2C1)c1ccccc1. The first kappa shape index (κ1) is 16.8. The van der Waals surface area contributed by atoms with Crippen molar-refractivity contribution in [3.63, 3.8) is 0 Å². The van der Waals surface area contributed by atoms with Crippen molar-refractivity contribution in [3.05, 3.63) is 71.3 Å². The van der Waals surface area contributed by atoms with Crippen molar-refractivity contribution in [2.45, 2.75) is 31.7 Å². The van der Waals surface area contributed by atoms with Gasteiger partial charge in [0.2, 0.25) is 11.8 Å². The molecule has 0 bridgehead atoms. The average Bonchev–Trinajstić information content (AvgIpc) is 2.68. The molecule has 2 aromatic rings. The second kappa shape index (κ2) is 6.94. The van der Waals surface area contributed by atoms with Crippen LogP contribution in [0.1, 0.15) is 42.0 Å². The largest absolute Gasteiger partial charge is 0.332 e. The zero-order valence-electron chi connectivity index (χ0n) is 15.1. The van der Waals surface area contributed by atoms with Crippen LogP contribution in [0.15, 0.2) is 54.6 Å².